The summed E-state index contributed by atoms with van der Waals surface area (Å²) >= 11 is 3.10. The van der Waals surface area contributed by atoms with Crippen LogP contribution in [-0.2, 0) is 36.3 Å². The molecule has 0 N–H and O–H groups in total. The first-order chi connectivity index (χ1) is 20.4. The largest absolute Gasteiger partial charge is 0.376 e. The molecule has 3 unspecified atom stereocenters. The van der Waals surface area contributed by atoms with Crippen molar-refractivity contribution in [3.05, 3.63) is 114 Å². The maximum Gasteiger partial charge on any atom is 0.137 e. The van der Waals surface area contributed by atoms with Crippen LogP contribution in [0, 0.1) is 0 Å². The van der Waals surface area contributed by atoms with Crippen LogP contribution in [0.5, 0.6) is 0 Å². The summed E-state index contributed by atoms with van der Waals surface area (Å²) in [4.78, 5) is 1.10. The molecular weight excluding hydrogens is 565 g/mol. The molecule has 7 heteroatoms. The fourth-order valence-corrected chi connectivity index (χ4v) is 6.66. The van der Waals surface area contributed by atoms with Crippen molar-refractivity contribution in [3.8, 4) is 0 Å². The number of benzene rings is 4. The molecule has 0 aromatic heterocycles. The zero-order chi connectivity index (χ0) is 29.4. The van der Waals surface area contributed by atoms with Crippen molar-refractivity contribution < 1.29 is 23.1 Å². The molecule has 0 spiro atoms. The van der Waals surface area contributed by atoms with Gasteiger partial charge in [-0.25, -0.2) is 0 Å². The Morgan fingerprint density at radius 1 is 0.690 bits per heavy atom. The molecule has 4 aromatic rings. The van der Waals surface area contributed by atoms with Gasteiger partial charge in [0.15, 0.2) is 0 Å². The number of fused-ring (bicyclic) bond motifs is 1. The third-order valence-electron chi connectivity index (χ3n) is 6.94. The third kappa shape index (κ3) is 8.60. The van der Waals surface area contributed by atoms with Crippen molar-refractivity contribution in [2.24, 2.45) is 0 Å². The Hall–Kier alpha value is -2.36. The Balaban J connectivity index is 1.43. The normalized spacial score (nSPS) is 22.8. The van der Waals surface area contributed by atoms with Gasteiger partial charge in [0, 0.05) is 16.8 Å². The molecule has 0 radical (unpaired) electrons. The predicted octanol–water partition coefficient (Wildman–Crippen LogP) is 8.31. The van der Waals surface area contributed by atoms with Crippen LogP contribution in [0.15, 0.2) is 108 Å². The van der Waals surface area contributed by atoms with Crippen LogP contribution in [0.3, 0.4) is 0 Å². The standard InChI is InChI=1S/C35H40O5S2/c1-35(2,3)42-39-24-30-31(36-4)32(37-23-26-19-20-27-15-11-12-16-28(27)21-26)33(38-22-25-13-7-5-8-14-25)34(40-30)41-29-17-9-6-10-18-29/h5-21,30-34H,22-24H2,1-4H3/t30?,31-,32?,33?,34-/m0/s1. The van der Waals surface area contributed by atoms with Crippen molar-refractivity contribution in [1.82, 2.24) is 0 Å². The maximum absolute atomic E-state index is 6.76. The molecule has 0 aliphatic carbocycles. The van der Waals surface area contributed by atoms with Gasteiger partial charge in [-0.05, 0) is 72.9 Å². The monoisotopic (exact) mass is 604 g/mol. The van der Waals surface area contributed by atoms with E-state index in [1.807, 2.05) is 36.4 Å². The van der Waals surface area contributed by atoms with Crippen LogP contribution in [0.1, 0.15) is 31.9 Å². The number of hydrogen-bond donors (Lipinski definition) is 0. The minimum absolute atomic E-state index is 0.0389. The van der Waals surface area contributed by atoms with E-state index in [0.717, 1.165) is 16.0 Å². The molecule has 1 fully saturated rings. The molecule has 0 amide bonds. The molecule has 5 atom stereocenters. The average molecular weight is 605 g/mol. The number of hydrogen-bond acceptors (Lipinski definition) is 7. The van der Waals surface area contributed by atoms with Gasteiger partial charge in [-0.15, -0.1) is 0 Å². The van der Waals surface area contributed by atoms with E-state index in [2.05, 4.69) is 87.5 Å². The van der Waals surface area contributed by atoms with E-state index in [1.165, 1.54) is 22.8 Å². The highest BCUT2D eigenvalue weighted by atomic mass is 32.2. The van der Waals surface area contributed by atoms with Gasteiger partial charge < -0.3 is 23.1 Å². The highest BCUT2D eigenvalue weighted by molar-refractivity contribution is 7.99. The van der Waals surface area contributed by atoms with Gasteiger partial charge in [-0.2, -0.15) is 0 Å². The molecule has 1 saturated heterocycles. The van der Waals surface area contributed by atoms with Crippen LogP contribution in [0.2, 0.25) is 0 Å². The second-order valence-corrected chi connectivity index (χ2v) is 14.2. The number of thioether (sulfide) groups is 1. The molecule has 1 heterocycles. The van der Waals surface area contributed by atoms with Gasteiger partial charge in [0.1, 0.15) is 29.9 Å². The SMILES string of the molecule is CO[C@H]1C(COSC(C)(C)C)O[C@@H](Sc2ccccc2)C(OCc2ccccc2)C1OCc1ccc2ccccc2c1. The van der Waals surface area contributed by atoms with Crippen molar-refractivity contribution in [2.45, 2.75) is 73.5 Å². The van der Waals surface area contributed by atoms with E-state index in [-0.39, 0.29) is 22.4 Å². The van der Waals surface area contributed by atoms with Gasteiger partial charge in [-0.1, -0.05) is 96.7 Å². The minimum Gasteiger partial charge on any atom is -0.376 e. The van der Waals surface area contributed by atoms with Crippen LogP contribution in [0.4, 0.5) is 0 Å². The highest BCUT2D eigenvalue weighted by Crippen LogP contribution is 2.38. The molecule has 4 aromatic carbocycles. The van der Waals surface area contributed by atoms with Crippen LogP contribution in [0.25, 0.3) is 10.8 Å². The van der Waals surface area contributed by atoms with E-state index in [0.29, 0.717) is 19.8 Å². The zero-order valence-corrected chi connectivity index (χ0v) is 26.3. The van der Waals surface area contributed by atoms with Crippen molar-refractivity contribution in [2.75, 3.05) is 13.7 Å². The smallest absolute Gasteiger partial charge is 0.137 e. The van der Waals surface area contributed by atoms with Gasteiger partial charge in [-0.3, -0.25) is 0 Å². The summed E-state index contributed by atoms with van der Waals surface area (Å²) in [5.41, 5.74) is 1.85. The third-order valence-corrected chi connectivity index (χ3v) is 8.85. The molecule has 5 rings (SSSR count). The molecule has 222 valence electrons. The zero-order valence-electron chi connectivity index (χ0n) is 24.7. The lowest BCUT2D eigenvalue weighted by Crippen LogP contribution is -2.60. The Labute approximate surface area is 258 Å². The summed E-state index contributed by atoms with van der Waals surface area (Å²) in [5, 5.41) is 2.40. The summed E-state index contributed by atoms with van der Waals surface area (Å²) in [6.45, 7) is 7.62. The second kappa shape index (κ2) is 14.9. The molecular formula is C35H40O5S2. The van der Waals surface area contributed by atoms with E-state index in [4.69, 9.17) is 23.1 Å². The lowest BCUT2D eigenvalue weighted by atomic mass is 9.99. The lowest BCUT2D eigenvalue weighted by Gasteiger charge is -2.45. The lowest BCUT2D eigenvalue weighted by molar-refractivity contribution is -0.242. The Morgan fingerprint density at radius 3 is 2.05 bits per heavy atom. The fraction of sp³-hybridized carbons (Fsp3) is 0.371. The topological polar surface area (TPSA) is 46.2 Å². The number of methoxy groups -OCH3 is 1. The maximum atomic E-state index is 6.76. The quantitative estimate of drug-likeness (QED) is 0.151. The van der Waals surface area contributed by atoms with Crippen molar-refractivity contribution in [3.63, 3.8) is 0 Å². The second-order valence-electron chi connectivity index (χ2n) is 11.4. The van der Waals surface area contributed by atoms with Crippen LogP contribution < -0.4 is 0 Å². The summed E-state index contributed by atoms with van der Waals surface area (Å²) in [7, 11) is 1.71. The fourth-order valence-electron chi connectivity index (χ4n) is 4.96. The summed E-state index contributed by atoms with van der Waals surface area (Å²) in [6.07, 6.45) is -1.52. The first-order valence-electron chi connectivity index (χ1n) is 14.3. The molecule has 0 saturated carbocycles. The summed E-state index contributed by atoms with van der Waals surface area (Å²) in [5.74, 6) is 0. The Kier molecular flexibility index (Phi) is 11.0. The minimum atomic E-state index is -0.396. The molecule has 5 nitrogen and oxygen atoms in total. The van der Waals surface area contributed by atoms with Gasteiger partial charge in [0.2, 0.25) is 0 Å². The van der Waals surface area contributed by atoms with Gasteiger partial charge in [0.05, 0.1) is 19.8 Å². The number of ether oxygens (including phenoxy) is 4. The van der Waals surface area contributed by atoms with E-state index >= 15 is 0 Å². The Morgan fingerprint density at radius 2 is 1.33 bits per heavy atom. The number of rotatable bonds is 12. The van der Waals surface area contributed by atoms with Crippen LogP contribution in [-0.4, -0.2) is 48.3 Å². The molecule has 1 aliphatic rings. The van der Waals surface area contributed by atoms with Gasteiger partial charge in [0.25, 0.3) is 0 Å². The van der Waals surface area contributed by atoms with Crippen LogP contribution >= 0.6 is 23.8 Å². The van der Waals surface area contributed by atoms with Gasteiger partial charge >= 0.3 is 0 Å². The summed E-state index contributed by atoms with van der Waals surface area (Å²) < 4.78 is 32.3. The Bertz CT molecular complexity index is 1380. The van der Waals surface area contributed by atoms with Crippen molar-refractivity contribution in [1.29, 1.82) is 0 Å². The van der Waals surface area contributed by atoms with E-state index < -0.39 is 12.2 Å². The molecule has 42 heavy (non-hydrogen) atoms. The first kappa shape index (κ1) is 31.1. The average Bonchev–Trinajstić information content (AvgIpc) is 2.99. The van der Waals surface area contributed by atoms with Crippen molar-refractivity contribution >= 4 is 34.6 Å². The highest BCUT2D eigenvalue weighted by Gasteiger charge is 2.48. The first-order valence-corrected chi connectivity index (χ1v) is 16.0. The summed E-state index contributed by atoms with van der Waals surface area (Å²) in [6, 6.07) is 35.3. The van der Waals surface area contributed by atoms with E-state index in [9.17, 15) is 0 Å². The molecule has 0 bridgehead atoms. The van der Waals surface area contributed by atoms with E-state index in [1.54, 1.807) is 18.9 Å². The predicted molar refractivity (Wildman–Crippen MR) is 173 cm³/mol. The molecule has 1 aliphatic heterocycles.